The SMILES string of the molecule is C=CCN(C(=O)Cc1cc(F)ccc1C)[C@@]1(C)CCS(=O)(=O)C1. The number of carbonyl (C=O) groups is 1. The van der Waals surface area contributed by atoms with Gasteiger partial charge < -0.3 is 4.90 Å². The van der Waals surface area contributed by atoms with Crippen molar-refractivity contribution in [2.75, 3.05) is 18.1 Å². The van der Waals surface area contributed by atoms with E-state index in [2.05, 4.69) is 6.58 Å². The van der Waals surface area contributed by atoms with E-state index < -0.39 is 15.4 Å². The van der Waals surface area contributed by atoms with Crippen LogP contribution in [0.5, 0.6) is 0 Å². The lowest BCUT2D eigenvalue weighted by Crippen LogP contribution is -2.51. The van der Waals surface area contributed by atoms with Crippen molar-refractivity contribution >= 4 is 15.7 Å². The van der Waals surface area contributed by atoms with E-state index in [0.717, 1.165) is 5.56 Å². The Morgan fingerprint density at radius 3 is 2.74 bits per heavy atom. The Hall–Kier alpha value is -1.69. The van der Waals surface area contributed by atoms with Crippen LogP contribution in [0.15, 0.2) is 30.9 Å². The van der Waals surface area contributed by atoms with Crippen molar-refractivity contribution in [2.24, 2.45) is 0 Å². The summed E-state index contributed by atoms with van der Waals surface area (Å²) < 4.78 is 37.0. The Labute approximate surface area is 136 Å². The predicted octanol–water partition coefficient (Wildman–Crippen LogP) is 2.27. The van der Waals surface area contributed by atoms with Crippen LogP contribution in [0.1, 0.15) is 24.5 Å². The first-order chi connectivity index (χ1) is 10.7. The first-order valence-corrected chi connectivity index (χ1v) is 9.36. The Kier molecular flexibility index (Phi) is 4.94. The van der Waals surface area contributed by atoms with Crippen LogP contribution in [0.3, 0.4) is 0 Å². The molecule has 0 unspecified atom stereocenters. The zero-order valence-electron chi connectivity index (χ0n) is 13.5. The number of rotatable bonds is 5. The summed E-state index contributed by atoms with van der Waals surface area (Å²) in [6.07, 6.45) is 2.05. The molecule has 6 heteroatoms. The van der Waals surface area contributed by atoms with Crippen LogP contribution in [0.4, 0.5) is 4.39 Å². The third-order valence-electron chi connectivity index (χ3n) is 4.40. The van der Waals surface area contributed by atoms with E-state index in [-0.39, 0.29) is 36.2 Å². The van der Waals surface area contributed by atoms with Crippen LogP contribution in [-0.2, 0) is 21.1 Å². The molecule has 0 N–H and O–H groups in total. The maximum Gasteiger partial charge on any atom is 0.227 e. The van der Waals surface area contributed by atoms with Crippen LogP contribution in [0, 0.1) is 12.7 Å². The molecule has 1 aromatic carbocycles. The first-order valence-electron chi connectivity index (χ1n) is 7.54. The maximum atomic E-state index is 13.4. The van der Waals surface area contributed by atoms with Gasteiger partial charge in [-0.2, -0.15) is 0 Å². The molecule has 1 aliphatic heterocycles. The number of hydrogen-bond donors (Lipinski definition) is 0. The topological polar surface area (TPSA) is 54.5 Å². The second kappa shape index (κ2) is 6.43. The van der Waals surface area contributed by atoms with E-state index in [0.29, 0.717) is 12.0 Å². The van der Waals surface area contributed by atoms with Crippen molar-refractivity contribution in [1.82, 2.24) is 4.90 Å². The summed E-state index contributed by atoms with van der Waals surface area (Å²) in [5.41, 5.74) is 0.724. The van der Waals surface area contributed by atoms with Gasteiger partial charge in [0.25, 0.3) is 0 Å². The molecule has 1 heterocycles. The number of amides is 1. The van der Waals surface area contributed by atoms with Crippen molar-refractivity contribution in [3.63, 3.8) is 0 Å². The van der Waals surface area contributed by atoms with E-state index in [9.17, 15) is 17.6 Å². The van der Waals surface area contributed by atoms with Gasteiger partial charge in [-0.15, -0.1) is 6.58 Å². The molecule has 4 nitrogen and oxygen atoms in total. The number of benzene rings is 1. The molecule has 2 rings (SSSR count). The normalized spacial score (nSPS) is 22.7. The van der Waals surface area contributed by atoms with Crippen molar-refractivity contribution in [2.45, 2.75) is 32.2 Å². The molecule has 1 saturated heterocycles. The number of nitrogens with zero attached hydrogens (tertiary/aromatic N) is 1. The molecule has 0 bridgehead atoms. The summed E-state index contributed by atoms with van der Waals surface area (Å²) in [5.74, 6) is -0.549. The lowest BCUT2D eigenvalue weighted by atomic mass is 9.97. The van der Waals surface area contributed by atoms with Crippen LogP contribution in [-0.4, -0.2) is 42.8 Å². The Balaban J connectivity index is 2.25. The molecule has 0 aliphatic carbocycles. The molecule has 23 heavy (non-hydrogen) atoms. The predicted molar refractivity (Wildman–Crippen MR) is 88.4 cm³/mol. The average molecular weight is 339 g/mol. The van der Waals surface area contributed by atoms with E-state index in [1.165, 1.54) is 12.1 Å². The van der Waals surface area contributed by atoms with Crippen molar-refractivity contribution in [3.05, 3.63) is 47.8 Å². The van der Waals surface area contributed by atoms with E-state index in [1.807, 2.05) is 6.92 Å². The summed E-state index contributed by atoms with van der Waals surface area (Å²) in [6, 6.07) is 4.35. The van der Waals surface area contributed by atoms with Gasteiger partial charge in [0.1, 0.15) is 5.82 Å². The second-order valence-electron chi connectivity index (χ2n) is 6.38. The highest BCUT2D eigenvalue weighted by Crippen LogP contribution is 2.30. The van der Waals surface area contributed by atoms with E-state index >= 15 is 0 Å². The van der Waals surface area contributed by atoms with Crippen molar-refractivity contribution in [1.29, 1.82) is 0 Å². The van der Waals surface area contributed by atoms with Crippen molar-refractivity contribution < 1.29 is 17.6 Å². The molecule has 1 atom stereocenters. The molecule has 126 valence electrons. The number of aryl methyl sites for hydroxylation is 1. The molecule has 1 amide bonds. The van der Waals surface area contributed by atoms with E-state index in [1.54, 1.807) is 24.0 Å². The fourth-order valence-corrected chi connectivity index (χ4v) is 5.19. The van der Waals surface area contributed by atoms with Crippen LogP contribution in [0.25, 0.3) is 0 Å². The highest BCUT2D eigenvalue weighted by Gasteiger charge is 2.44. The van der Waals surface area contributed by atoms with Gasteiger partial charge in [0.2, 0.25) is 5.91 Å². The largest absolute Gasteiger partial charge is 0.332 e. The summed E-state index contributed by atoms with van der Waals surface area (Å²) in [4.78, 5) is 14.3. The highest BCUT2D eigenvalue weighted by atomic mass is 32.2. The van der Waals surface area contributed by atoms with Crippen LogP contribution in [0.2, 0.25) is 0 Å². The van der Waals surface area contributed by atoms with Gasteiger partial charge in [-0.05, 0) is 43.5 Å². The minimum atomic E-state index is -3.13. The first kappa shape index (κ1) is 17.7. The van der Waals surface area contributed by atoms with E-state index in [4.69, 9.17) is 0 Å². The molecule has 1 aromatic rings. The average Bonchev–Trinajstić information content (AvgIpc) is 2.74. The monoisotopic (exact) mass is 339 g/mol. The zero-order chi connectivity index (χ0) is 17.3. The number of sulfone groups is 1. The molecule has 0 radical (unpaired) electrons. The summed E-state index contributed by atoms with van der Waals surface area (Å²) >= 11 is 0. The summed E-state index contributed by atoms with van der Waals surface area (Å²) in [6.45, 7) is 7.54. The Morgan fingerprint density at radius 1 is 1.48 bits per heavy atom. The quantitative estimate of drug-likeness (QED) is 0.773. The zero-order valence-corrected chi connectivity index (χ0v) is 14.3. The van der Waals surface area contributed by atoms with Gasteiger partial charge in [-0.3, -0.25) is 4.79 Å². The molecule has 1 fully saturated rings. The highest BCUT2D eigenvalue weighted by molar-refractivity contribution is 7.91. The van der Waals surface area contributed by atoms with Gasteiger partial charge in [-0.1, -0.05) is 12.1 Å². The number of halogens is 1. The Morgan fingerprint density at radius 2 is 2.17 bits per heavy atom. The van der Waals surface area contributed by atoms with Gasteiger partial charge in [0, 0.05) is 6.54 Å². The lowest BCUT2D eigenvalue weighted by molar-refractivity contribution is -0.134. The summed E-state index contributed by atoms with van der Waals surface area (Å²) in [5, 5.41) is 0. The van der Waals surface area contributed by atoms with Gasteiger partial charge in [0.15, 0.2) is 9.84 Å². The third kappa shape index (κ3) is 3.99. The standard InChI is InChI=1S/C17H22FNO3S/c1-4-8-19(17(3)7-9-23(21,22)12-17)16(20)11-14-10-15(18)6-5-13(14)2/h4-6,10H,1,7-9,11-12H2,2-3H3/t17-/m0/s1. The molecule has 0 spiro atoms. The number of hydrogen-bond acceptors (Lipinski definition) is 3. The fourth-order valence-electron chi connectivity index (χ4n) is 3.05. The maximum absolute atomic E-state index is 13.4. The minimum Gasteiger partial charge on any atom is -0.332 e. The third-order valence-corrected chi connectivity index (χ3v) is 6.29. The molecule has 0 aromatic heterocycles. The molecular formula is C17H22FNO3S. The van der Waals surface area contributed by atoms with Crippen molar-refractivity contribution in [3.8, 4) is 0 Å². The fraction of sp³-hybridized carbons (Fsp3) is 0.471. The lowest BCUT2D eigenvalue weighted by Gasteiger charge is -2.37. The number of carbonyl (C=O) groups excluding carboxylic acids is 1. The second-order valence-corrected chi connectivity index (χ2v) is 8.56. The van der Waals surface area contributed by atoms with Gasteiger partial charge in [0.05, 0.1) is 23.5 Å². The summed E-state index contributed by atoms with van der Waals surface area (Å²) in [7, 11) is -3.13. The van der Waals surface area contributed by atoms with Gasteiger partial charge in [-0.25, -0.2) is 12.8 Å². The molecular weight excluding hydrogens is 317 g/mol. The van der Waals surface area contributed by atoms with Crippen LogP contribution < -0.4 is 0 Å². The van der Waals surface area contributed by atoms with Gasteiger partial charge >= 0.3 is 0 Å². The molecule has 0 saturated carbocycles. The van der Waals surface area contributed by atoms with Crippen LogP contribution >= 0.6 is 0 Å². The molecule has 1 aliphatic rings. The smallest absolute Gasteiger partial charge is 0.227 e. The Bertz CT molecular complexity index is 729. The minimum absolute atomic E-state index is 0.0400.